The molecule has 0 aliphatic rings. The maximum Gasteiger partial charge on any atom is 0.339 e. The Morgan fingerprint density at radius 3 is 2.19 bits per heavy atom. The van der Waals surface area contributed by atoms with E-state index in [2.05, 4.69) is 64.9 Å². The standard InChI is InChI=1S/C34H46N2O6Si/c1-33(2,3)29(22-42-43(8,9)34(4,5)6)36-31(38)24-15-16-25(26-17-18-30(40-7)35-28(26)20-37)27(19-24)32(39)41-21-23-13-11-10-12-14-23/h10-19,29,37H,20-22H2,1-9H3,(H,36,38)/t29-/m1/s1. The molecular weight excluding hydrogens is 560 g/mol. The quantitative estimate of drug-likeness (QED) is 0.183. The zero-order valence-electron chi connectivity index (χ0n) is 26.9. The van der Waals surface area contributed by atoms with Gasteiger partial charge in [0, 0.05) is 17.2 Å². The minimum absolute atomic E-state index is 0.0357. The zero-order valence-corrected chi connectivity index (χ0v) is 27.9. The smallest absolute Gasteiger partial charge is 0.339 e. The van der Waals surface area contributed by atoms with Crippen molar-refractivity contribution < 1.29 is 28.6 Å². The summed E-state index contributed by atoms with van der Waals surface area (Å²) in [5, 5.41) is 13.2. The molecule has 0 radical (unpaired) electrons. The van der Waals surface area contributed by atoms with Gasteiger partial charge in [-0.2, -0.15) is 0 Å². The third-order valence-electron chi connectivity index (χ3n) is 8.08. The third-order valence-corrected chi connectivity index (χ3v) is 12.6. The number of carbonyl (C=O) groups is 2. The molecule has 0 saturated carbocycles. The lowest BCUT2D eigenvalue weighted by atomic mass is 9.87. The summed E-state index contributed by atoms with van der Waals surface area (Å²) < 4.78 is 17.4. The number of ether oxygens (including phenoxy) is 2. The molecule has 3 rings (SSSR count). The average molecular weight is 607 g/mol. The first-order valence-corrected chi connectivity index (χ1v) is 17.4. The van der Waals surface area contributed by atoms with Crippen molar-refractivity contribution >= 4 is 20.2 Å². The highest BCUT2D eigenvalue weighted by atomic mass is 28.4. The maximum atomic E-state index is 13.7. The van der Waals surface area contributed by atoms with Crippen LogP contribution in [0, 0.1) is 5.41 Å². The van der Waals surface area contributed by atoms with Crippen LogP contribution >= 0.6 is 0 Å². The number of carbonyl (C=O) groups excluding carboxylic acids is 2. The van der Waals surface area contributed by atoms with Crippen LogP contribution in [0.25, 0.3) is 11.1 Å². The van der Waals surface area contributed by atoms with Crippen LogP contribution in [-0.2, 0) is 22.4 Å². The fourth-order valence-corrected chi connectivity index (χ4v) is 5.13. The van der Waals surface area contributed by atoms with Gasteiger partial charge in [0.2, 0.25) is 5.88 Å². The van der Waals surface area contributed by atoms with Gasteiger partial charge in [-0.05, 0) is 52.9 Å². The van der Waals surface area contributed by atoms with Gasteiger partial charge in [-0.3, -0.25) is 4.79 Å². The number of hydrogen-bond acceptors (Lipinski definition) is 7. The predicted molar refractivity (Wildman–Crippen MR) is 172 cm³/mol. The van der Waals surface area contributed by atoms with Crippen LogP contribution in [0.2, 0.25) is 18.1 Å². The fraction of sp³-hybridized carbons (Fsp3) is 0.441. The van der Waals surface area contributed by atoms with Crippen molar-refractivity contribution in [3.8, 4) is 17.0 Å². The van der Waals surface area contributed by atoms with E-state index in [-0.39, 0.29) is 41.2 Å². The van der Waals surface area contributed by atoms with Crippen LogP contribution in [0.4, 0.5) is 0 Å². The van der Waals surface area contributed by atoms with Gasteiger partial charge in [-0.15, -0.1) is 0 Å². The molecule has 0 spiro atoms. The summed E-state index contributed by atoms with van der Waals surface area (Å²) in [5.74, 6) is -0.579. The van der Waals surface area contributed by atoms with Crippen molar-refractivity contribution in [3.05, 3.63) is 83.0 Å². The number of benzene rings is 2. The number of amides is 1. The number of hydrogen-bond donors (Lipinski definition) is 2. The Morgan fingerprint density at radius 2 is 1.60 bits per heavy atom. The topological polar surface area (TPSA) is 107 Å². The molecule has 3 aromatic rings. The van der Waals surface area contributed by atoms with E-state index in [4.69, 9.17) is 13.9 Å². The first-order chi connectivity index (χ1) is 20.1. The summed E-state index contributed by atoms with van der Waals surface area (Å²) in [6, 6.07) is 17.4. The molecule has 0 fully saturated rings. The molecule has 1 atom stereocenters. The van der Waals surface area contributed by atoms with E-state index in [1.165, 1.54) is 13.2 Å². The number of pyridine rings is 1. The zero-order chi connectivity index (χ0) is 32.0. The van der Waals surface area contributed by atoms with Crippen molar-refractivity contribution in [1.29, 1.82) is 0 Å². The molecule has 0 unspecified atom stereocenters. The van der Waals surface area contributed by atoms with Crippen LogP contribution in [0.5, 0.6) is 5.88 Å². The van der Waals surface area contributed by atoms with Gasteiger partial charge in [0.1, 0.15) is 6.61 Å². The van der Waals surface area contributed by atoms with E-state index in [0.717, 1.165) is 5.56 Å². The Hall–Kier alpha value is -3.53. The minimum atomic E-state index is -2.05. The molecule has 0 aliphatic heterocycles. The molecule has 0 bridgehead atoms. The number of methoxy groups -OCH3 is 1. The molecule has 2 aromatic carbocycles. The van der Waals surface area contributed by atoms with Gasteiger partial charge >= 0.3 is 5.97 Å². The lowest BCUT2D eigenvalue weighted by Crippen LogP contribution is -2.51. The third kappa shape index (κ3) is 8.75. The highest BCUT2D eigenvalue weighted by molar-refractivity contribution is 6.74. The molecule has 1 aromatic heterocycles. The molecule has 43 heavy (non-hydrogen) atoms. The second-order valence-corrected chi connectivity index (χ2v) is 18.1. The first kappa shape index (κ1) is 34.0. The highest BCUT2D eigenvalue weighted by Gasteiger charge is 2.39. The SMILES string of the molecule is COc1ccc(-c2ccc(C(=O)N[C@H](CO[Si](C)(C)C(C)(C)C)C(C)(C)C)cc2C(=O)OCc2ccccc2)c(CO)n1. The summed E-state index contributed by atoms with van der Waals surface area (Å²) in [4.78, 5) is 31.5. The molecule has 0 aliphatic carbocycles. The number of aliphatic hydroxyl groups is 1. The summed E-state index contributed by atoms with van der Waals surface area (Å²) >= 11 is 0. The Labute approximate surface area is 256 Å². The van der Waals surface area contributed by atoms with E-state index < -0.39 is 14.3 Å². The number of rotatable bonds is 11. The number of esters is 1. The molecule has 9 heteroatoms. The summed E-state index contributed by atoms with van der Waals surface area (Å²) in [5.41, 5.74) is 2.42. The molecule has 1 heterocycles. The van der Waals surface area contributed by atoms with Gasteiger partial charge in [0.05, 0.1) is 37.6 Å². The Balaban J connectivity index is 1.97. The molecular formula is C34H46N2O6Si. The number of nitrogens with zero attached hydrogens (tertiary/aromatic N) is 1. The minimum Gasteiger partial charge on any atom is -0.481 e. The lowest BCUT2D eigenvalue weighted by molar-refractivity contribution is 0.0473. The summed E-state index contributed by atoms with van der Waals surface area (Å²) in [7, 11) is -0.555. The van der Waals surface area contributed by atoms with Crippen LogP contribution in [-0.4, -0.2) is 50.0 Å². The van der Waals surface area contributed by atoms with E-state index in [1.54, 1.807) is 24.3 Å². The van der Waals surface area contributed by atoms with Crippen molar-refractivity contribution in [2.75, 3.05) is 13.7 Å². The Morgan fingerprint density at radius 1 is 0.953 bits per heavy atom. The van der Waals surface area contributed by atoms with Gasteiger partial charge in [-0.1, -0.05) is 77.9 Å². The van der Waals surface area contributed by atoms with Gasteiger partial charge < -0.3 is 24.3 Å². The predicted octanol–water partition coefficient (Wildman–Crippen LogP) is 6.77. The van der Waals surface area contributed by atoms with Gasteiger partial charge in [-0.25, -0.2) is 9.78 Å². The monoisotopic (exact) mass is 606 g/mol. The van der Waals surface area contributed by atoms with Crippen molar-refractivity contribution in [2.45, 2.75) is 78.9 Å². The van der Waals surface area contributed by atoms with E-state index in [0.29, 0.717) is 34.9 Å². The van der Waals surface area contributed by atoms with Crippen LogP contribution in [0.3, 0.4) is 0 Å². The van der Waals surface area contributed by atoms with Crippen molar-refractivity contribution in [1.82, 2.24) is 10.3 Å². The Bertz CT molecular complexity index is 1410. The molecule has 0 saturated heterocycles. The number of aliphatic hydroxyl groups excluding tert-OH is 1. The number of aromatic nitrogens is 1. The van der Waals surface area contributed by atoms with E-state index >= 15 is 0 Å². The maximum absolute atomic E-state index is 13.7. The molecule has 8 nitrogen and oxygen atoms in total. The normalized spacial score (nSPS) is 12.9. The van der Waals surface area contributed by atoms with Gasteiger partial charge in [0.15, 0.2) is 8.32 Å². The Kier molecular flexibility index (Phi) is 10.9. The second-order valence-electron chi connectivity index (χ2n) is 13.3. The van der Waals surface area contributed by atoms with E-state index in [1.807, 2.05) is 30.3 Å². The van der Waals surface area contributed by atoms with Crippen LogP contribution in [0.15, 0.2) is 60.7 Å². The number of nitrogens with one attached hydrogen (secondary N) is 1. The highest BCUT2D eigenvalue weighted by Crippen LogP contribution is 2.37. The van der Waals surface area contributed by atoms with Crippen LogP contribution < -0.4 is 10.1 Å². The fourth-order valence-electron chi connectivity index (χ4n) is 4.11. The lowest BCUT2D eigenvalue weighted by Gasteiger charge is -2.39. The van der Waals surface area contributed by atoms with Crippen molar-refractivity contribution in [3.63, 3.8) is 0 Å². The second kappa shape index (κ2) is 13.8. The molecule has 232 valence electrons. The summed E-state index contributed by atoms with van der Waals surface area (Å²) in [6.45, 7) is 17.2. The molecule has 2 N–H and O–H groups in total. The van der Waals surface area contributed by atoms with Gasteiger partial charge in [0.25, 0.3) is 5.91 Å². The van der Waals surface area contributed by atoms with Crippen molar-refractivity contribution in [2.24, 2.45) is 5.41 Å². The summed E-state index contributed by atoms with van der Waals surface area (Å²) in [6.07, 6.45) is 0. The first-order valence-electron chi connectivity index (χ1n) is 14.5. The van der Waals surface area contributed by atoms with Crippen LogP contribution in [0.1, 0.15) is 73.5 Å². The average Bonchev–Trinajstić information content (AvgIpc) is 2.96. The largest absolute Gasteiger partial charge is 0.481 e. The molecule has 1 amide bonds. The van der Waals surface area contributed by atoms with E-state index in [9.17, 15) is 14.7 Å².